The van der Waals surface area contributed by atoms with Gasteiger partial charge in [0.2, 0.25) is 0 Å². The van der Waals surface area contributed by atoms with Crippen LogP contribution in [0.5, 0.6) is 0 Å². The van der Waals surface area contributed by atoms with E-state index in [-0.39, 0.29) is 11.0 Å². The Labute approximate surface area is 113 Å². The SMILES string of the molecule is O/N=C/c1c(Cl)ncnc1NCc1ccc(F)cc1. The van der Waals surface area contributed by atoms with E-state index in [1.54, 1.807) is 12.1 Å². The van der Waals surface area contributed by atoms with Crippen LogP contribution in [0.1, 0.15) is 11.1 Å². The Kier molecular flexibility index (Phi) is 4.25. The Morgan fingerprint density at radius 1 is 1.32 bits per heavy atom. The molecule has 2 N–H and O–H groups in total. The van der Waals surface area contributed by atoms with E-state index in [0.717, 1.165) is 11.8 Å². The molecule has 0 saturated heterocycles. The number of aromatic nitrogens is 2. The van der Waals surface area contributed by atoms with Crippen LogP contribution >= 0.6 is 11.6 Å². The minimum Gasteiger partial charge on any atom is -0.411 e. The molecule has 0 bridgehead atoms. The van der Waals surface area contributed by atoms with E-state index in [9.17, 15) is 4.39 Å². The van der Waals surface area contributed by atoms with E-state index in [1.807, 2.05) is 0 Å². The third-order valence-corrected chi connectivity index (χ3v) is 2.70. The van der Waals surface area contributed by atoms with Crippen molar-refractivity contribution >= 4 is 23.6 Å². The molecule has 0 aliphatic heterocycles. The summed E-state index contributed by atoms with van der Waals surface area (Å²) in [6.45, 7) is 0.430. The van der Waals surface area contributed by atoms with Crippen molar-refractivity contribution in [3.05, 3.63) is 52.7 Å². The summed E-state index contributed by atoms with van der Waals surface area (Å²) >= 11 is 5.87. The van der Waals surface area contributed by atoms with Gasteiger partial charge in [-0.2, -0.15) is 0 Å². The molecule has 0 radical (unpaired) electrons. The van der Waals surface area contributed by atoms with Crippen LogP contribution in [0, 0.1) is 5.82 Å². The molecule has 5 nitrogen and oxygen atoms in total. The highest BCUT2D eigenvalue weighted by Gasteiger charge is 2.07. The number of nitrogens with zero attached hydrogens (tertiary/aromatic N) is 3. The van der Waals surface area contributed by atoms with Gasteiger partial charge >= 0.3 is 0 Å². The Morgan fingerprint density at radius 3 is 2.74 bits per heavy atom. The minimum atomic E-state index is -0.290. The molecule has 0 aliphatic rings. The van der Waals surface area contributed by atoms with Crippen LogP contribution in [0.2, 0.25) is 5.15 Å². The predicted molar refractivity (Wildman–Crippen MR) is 70.1 cm³/mol. The molecule has 0 amide bonds. The monoisotopic (exact) mass is 280 g/mol. The molecule has 0 spiro atoms. The Morgan fingerprint density at radius 2 is 2.05 bits per heavy atom. The normalized spacial score (nSPS) is 10.8. The molecule has 0 aliphatic carbocycles. The molecule has 7 heteroatoms. The topological polar surface area (TPSA) is 70.4 Å². The molecule has 2 rings (SSSR count). The molecule has 0 unspecified atom stereocenters. The first-order valence-corrected chi connectivity index (χ1v) is 5.74. The lowest BCUT2D eigenvalue weighted by molar-refractivity contribution is 0.322. The second kappa shape index (κ2) is 6.10. The summed E-state index contributed by atoms with van der Waals surface area (Å²) in [5.41, 5.74) is 1.26. The van der Waals surface area contributed by atoms with Crippen LogP contribution in [0.3, 0.4) is 0 Å². The van der Waals surface area contributed by atoms with E-state index >= 15 is 0 Å². The molecule has 1 aromatic heterocycles. The summed E-state index contributed by atoms with van der Waals surface area (Å²) in [6, 6.07) is 6.07. The van der Waals surface area contributed by atoms with Crippen LogP contribution in [-0.2, 0) is 6.54 Å². The average Bonchev–Trinajstić information content (AvgIpc) is 2.41. The number of hydrogen-bond donors (Lipinski definition) is 2. The summed E-state index contributed by atoms with van der Waals surface area (Å²) in [5, 5.41) is 14.7. The Hall–Kier alpha value is -2.21. The van der Waals surface area contributed by atoms with Crippen molar-refractivity contribution in [3.63, 3.8) is 0 Å². The summed E-state index contributed by atoms with van der Waals surface area (Å²) in [5.74, 6) is 0.143. The lowest BCUT2D eigenvalue weighted by atomic mass is 10.2. The van der Waals surface area contributed by atoms with Crippen molar-refractivity contribution in [2.75, 3.05) is 5.32 Å². The minimum absolute atomic E-state index is 0.175. The van der Waals surface area contributed by atoms with Gasteiger partial charge in [-0.05, 0) is 17.7 Å². The van der Waals surface area contributed by atoms with Gasteiger partial charge in [0.05, 0.1) is 11.8 Å². The third-order valence-electron chi connectivity index (χ3n) is 2.40. The van der Waals surface area contributed by atoms with Crippen LogP contribution in [0.4, 0.5) is 10.2 Å². The first kappa shape index (κ1) is 13.2. The van der Waals surface area contributed by atoms with Crippen molar-refractivity contribution in [1.82, 2.24) is 9.97 Å². The van der Waals surface area contributed by atoms with Gasteiger partial charge in [0.25, 0.3) is 0 Å². The highest BCUT2D eigenvalue weighted by molar-refractivity contribution is 6.32. The molecule has 0 saturated carbocycles. The van der Waals surface area contributed by atoms with Crippen molar-refractivity contribution < 1.29 is 9.60 Å². The molecule has 98 valence electrons. The highest BCUT2D eigenvalue weighted by Crippen LogP contribution is 2.18. The van der Waals surface area contributed by atoms with E-state index in [1.165, 1.54) is 18.5 Å². The zero-order valence-corrected chi connectivity index (χ0v) is 10.5. The number of anilines is 1. The van der Waals surface area contributed by atoms with Gasteiger partial charge in [0.15, 0.2) is 0 Å². The predicted octanol–water partition coefficient (Wildman–Crippen LogP) is 2.69. The average molecular weight is 281 g/mol. The zero-order chi connectivity index (χ0) is 13.7. The van der Waals surface area contributed by atoms with Gasteiger partial charge in [0, 0.05) is 6.54 Å². The van der Waals surface area contributed by atoms with E-state index in [0.29, 0.717) is 17.9 Å². The van der Waals surface area contributed by atoms with Gasteiger partial charge in [-0.25, -0.2) is 14.4 Å². The number of nitrogens with one attached hydrogen (secondary N) is 1. The largest absolute Gasteiger partial charge is 0.411 e. The summed E-state index contributed by atoms with van der Waals surface area (Å²) in [4.78, 5) is 7.80. The third kappa shape index (κ3) is 3.38. The molecular formula is C12H10ClFN4O. The number of benzene rings is 1. The number of rotatable bonds is 4. The summed E-state index contributed by atoms with van der Waals surface area (Å²) < 4.78 is 12.8. The number of oxime groups is 1. The highest BCUT2D eigenvalue weighted by atomic mass is 35.5. The van der Waals surface area contributed by atoms with Crippen molar-refractivity contribution in [2.24, 2.45) is 5.16 Å². The Bertz CT molecular complexity index is 589. The van der Waals surface area contributed by atoms with E-state index in [2.05, 4.69) is 20.4 Å². The van der Waals surface area contributed by atoms with Gasteiger partial charge < -0.3 is 10.5 Å². The smallest absolute Gasteiger partial charge is 0.143 e. The molecule has 1 aromatic carbocycles. The summed E-state index contributed by atoms with van der Waals surface area (Å²) in [6.07, 6.45) is 2.44. The second-order valence-electron chi connectivity index (χ2n) is 3.65. The van der Waals surface area contributed by atoms with Gasteiger partial charge in [0.1, 0.15) is 23.1 Å². The molecule has 0 atom stereocenters. The van der Waals surface area contributed by atoms with Crippen molar-refractivity contribution in [1.29, 1.82) is 0 Å². The number of hydrogen-bond acceptors (Lipinski definition) is 5. The fourth-order valence-corrected chi connectivity index (χ4v) is 1.66. The maximum atomic E-state index is 12.8. The second-order valence-corrected chi connectivity index (χ2v) is 4.01. The Balaban J connectivity index is 2.15. The lowest BCUT2D eigenvalue weighted by Gasteiger charge is -2.08. The van der Waals surface area contributed by atoms with Crippen molar-refractivity contribution in [3.8, 4) is 0 Å². The van der Waals surface area contributed by atoms with Crippen LogP contribution in [0.25, 0.3) is 0 Å². The zero-order valence-electron chi connectivity index (χ0n) is 9.72. The van der Waals surface area contributed by atoms with E-state index in [4.69, 9.17) is 16.8 Å². The first-order valence-electron chi connectivity index (χ1n) is 5.37. The van der Waals surface area contributed by atoms with Gasteiger partial charge in [-0.15, -0.1) is 0 Å². The fraction of sp³-hybridized carbons (Fsp3) is 0.0833. The maximum absolute atomic E-state index is 12.8. The van der Waals surface area contributed by atoms with Crippen LogP contribution in [0.15, 0.2) is 35.7 Å². The quantitative estimate of drug-likeness (QED) is 0.391. The molecule has 19 heavy (non-hydrogen) atoms. The number of halogens is 2. The van der Waals surface area contributed by atoms with Crippen LogP contribution in [-0.4, -0.2) is 21.4 Å². The van der Waals surface area contributed by atoms with Crippen molar-refractivity contribution in [2.45, 2.75) is 6.54 Å². The molecule has 0 fully saturated rings. The standard InChI is InChI=1S/C12H10ClFN4O/c13-11-10(6-18-19)12(17-7-16-11)15-5-8-1-3-9(14)4-2-8/h1-4,6-7,19H,5H2,(H,15,16,17)/b18-6+. The fourth-order valence-electron chi connectivity index (χ4n) is 1.48. The van der Waals surface area contributed by atoms with Gasteiger partial charge in [-0.3, -0.25) is 0 Å². The van der Waals surface area contributed by atoms with Crippen LogP contribution < -0.4 is 5.32 Å². The summed E-state index contributed by atoms with van der Waals surface area (Å²) in [7, 11) is 0. The maximum Gasteiger partial charge on any atom is 0.143 e. The van der Waals surface area contributed by atoms with Gasteiger partial charge in [-0.1, -0.05) is 28.9 Å². The molecule has 2 aromatic rings. The lowest BCUT2D eigenvalue weighted by Crippen LogP contribution is -2.05. The molecular weight excluding hydrogens is 271 g/mol. The van der Waals surface area contributed by atoms with E-state index < -0.39 is 0 Å². The first-order chi connectivity index (χ1) is 9.20. The molecule has 1 heterocycles.